The van der Waals surface area contributed by atoms with Gasteiger partial charge in [-0.25, -0.2) is 0 Å². The molecule has 0 aromatic heterocycles. The number of nitrogens with zero attached hydrogens (tertiary/aromatic N) is 2. The molecule has 0 saturated carbocycles. The van der Waals surface area contributed by atoms with Gasteiger partial charge in [-0.3, -0.25) is 9.69 Å². The van der Waals surface area contributed by atoms with Gasteiger partial charge in [-0.1, -0.05) is 0 Å². The monoisotopic (exact) mass is 255 g/mol. The van der Waals surface area contributed by atoms with Gasteiger partial charge in [-0.15, -0.1) is 0 Å². The van der Waals surface area contributed by atoms with Crippen molar-refractivity contribution in [2.75, 3.05) is 59.5 Å². The summed E-state index contributed by atoms with van der Waals surface area (Å²) in [4.78, 5) is 16.6. The fourth-order valence-electron chi connectivity index (χ4n) is 2.53. The van der Waals surface area contributed by atoms with Crippen molar-refractivity contribution < 1.29 is 9.53 Å². The number of hydrogen-bond donors (Lipinski definition) is 1. The molecule has 0 radical (unpaired) electrons. The highest BCUT2D eigenvalue weighted by Crippen LogP contribution is 2.12. The number of carbonyl (C=O) groups is 1. The number of nitrogens with one attached hydrogen (secondary N) is 1. The maximum Gasteiger partial charge on any atom is 0.222 e. The highest BCUT2D eigenvalue weighted by Gasteiger charge is 2.24. The molecule has 0 spiro atoms. The normalized spacial score (nSPS) is 22.6. The quantitative estimate of drug-likeness (QED) is 0.737. The number of methoxy groups -OCH3 is 1. The molecule has 1 amide bonds. The SMILES string of the molecule is COCCN1CCCN(C(=O)CC2CNC2)CC1. The van der Waals surface area contributed by atoms with E-state index in [9.17, 15) is 4.79 Å². The molecule has 5 nitrogen and oxygen atoms in total. The van der Waals surface area contributed by atoms with Crippen LogP contribution in [0.15, 0.2) is 0 Å². The molecular weight excluding hydrogens is 230 g/mol. The molecule has 2 aliphatic rings. The lowest BCUT2D eigenvalue weighted by molar-refractivity contribution is -0.132. The Morgan fingerprint density at radius 3 is 2.78 bits per heavy atom. The topological polar surface area (TPSA) is 44.8 Å². The minimum Gasteiger partial charge on any atom is -0.383 e. The summed E-state index contributed by atoms with van der Waals surface area (Å²) in [7, 11) is 1.74. The zero-order valence-corrected chi connectivity index (χ0v) is 11.4. The van der Waals surface area contributed by atoms with E-state index < -0.39 is 0 Å². The van der Waals surface area contributed by atoms with E-state index in [-0.39, 0.29) is 0 Å². The molecule has 0 unspecified atom stereocenters. The first-order valence-corrected chi connectivity index (χ1v) is 6.99. The molecule has 1 N–H and O–H groups in total. The van der Waals surface area contributed by atoms with Gasteiger partial charge in [0.25, 0.3) is 0 Å². The highest BCUT2D eigenvalue weighted by atomic mass is 16.5. The van der Waals surface area contributed by atoms with E-state index >= 15 is 0 Å². The Kier molecular flexibility index (Phi) is 5.41. The van der Waals surface area contributed by atoms with Crippen LogP contribution >= 0.6 is 0 Å². The third-order valence-electron chi connectivity index (χ3n) is 3.88. The number of rotatable bonds is 5. The lowest BCUT2D eigenvalue weighted by atomic mass is 9.98. The molecule has 0 atom stereocenters. The van der Waals surface area contributed by atoms with E-state index in [4.69, 9.17) is 4.74 Å². The first-order valence-electron chi connectivity index (χ1n) is 6.99. The second-order valence-electron chi connectivity index (χ2n) is 5.30. The largest absolute Gasteiger partial charge is 0.383 e. The van der Waals surface area contributed by atoms with Gasteiger partial charge in [0.15, 0.2) is 0 Å². The third-order valence-corrected chi connectivity index (χ3v) is 3.88. The van der Waals surface area contributed by atoms with Gasteiger partial charge in [0, 0.05) is 39.7 Å². The van der Waals surface area contributed by atoms with Crippen molar-refractivity contribution in [1.82, 2.24) is 15.1 Å². The predicted octanol–water partition coefficient (Wildman–Crippen LogP) is -0.223. The first-order chi connectivity index (χ1) is 8.79. The van der Waals surface area contributed by atoms with E-state index in [1.54, 1.807) is 7.11 Å². The molecule has 2 aliphatic heterocycles. The van der Waals surface area contributed by atoms with Crippen LogP contribution < -0.4 is 5.32 Å². The smallest absolute Gasteiger partial charge is 0.222 e. The average molecular weight is 255 g/mol. The van der Waals surface area contributed by atoms with Crippen LogP contribution in [0.5, 0.6) is 0 Å². The molecule has 0 aromatic carbocycles. The number of amides is 1. The summed E-state index contributed by atoms with van der Waals surface area (Å²) in [5.41, 5.74) is 0. The fourth-order valence-corrected chi connectivity index (χ4v) is 2.53. The van der Waals surface area contributed by atoms with Gasteiger partial charge in [-0.05, 0) is 32.0 Å². The van der Waals surface area contributed by atoms with Crippen LogP contribution in [0, 0.1) is 5.92 Å². The molecule has 2 heterocycles. The summed E-state index contributed by atoms with van der Waals surface area (Å²) >= 11 is 0. The second-order valence-corrected chi connectivity index (χ2v) is 5.30. The van der Waals surface area contributed by atoms with E-state index in [1.807, 2.05) is 4.90 Å². The van der Waals surface area contributed by atoms with Crippen molar-refractivity contribution >= 4 is 5.91 Å². The molecule has 2 rings (SSSR count). The Morgan fingerprint density at radius 1 is 1.28 bits per heavy atom. The van der Waals surface area contributed by atoms with Crippen LogP contribution in [-0.2, 0) is 9.53 Å². The Bertz CT molecular complexity index is 269. The lowest BCUT2D eigenvalue weighted by Crippen LogP contribution is -2.45. The van der Waals surface area contributed by atoms with Gasteiger partial charge in [0.05, 0.1) is 6.61 Å². The fraction of sp³-hybridized carbons (Fsp3) is 0.923. The summed E-state index contributed by atoms with van der Waals surface area (Å²) in [6, 6.07) is 0. The standard InChI is InChI=1S/C13H25N3O2/c1-18-8-7-15-3-2-4-16(6-5-15)13(17)9-12-10-14-11-12/h12,14H,2-11H2,1H3. The van der Waals surface area contributed by atoms with E-state index in [1.165, 1.54) is 0 Å². The summed E-state index contributed by atoms with van der Waals surface area (Å²) in [6.07, 6.45) is 1.81. The van der Waals surface area contributed by atoms with Crippen molar-refractivity contribution in [1.29, 1.82) is 0 Å². The van der Waals surface area contributed by atoms with Crippen molar-refractivity contribution in [3.05, 3.63) is 0 Å². The highest BCUT2D eigenvalue weighted by molar-refractivity contribution is 5.76. The Morgan fingerprint density at radius 2 is 2.11 bits per heavy atom. The van der Waals surface area contributed by atoms with Crippen molar-refractivity contribution in [3.8, 4) is 0 Å². The molecule has 2 saturated heterocycles. The maximum absolute atomic E-state index is 12.1. The molecule has 2 fully saturated rings. The van der Waals surface area contributed by atoms with Gasteiger partial charge < -0.3 is 15.0 Å². The molecule has 0 bridgehead atoms. The molecular formula is C13H25N3O2. The minimum absolute atomic E-state index is 0.343. The van der Waals surface area contributed by atoms with Crippen molar-refractivity contribution in [2.24, 2.45) is 5.92 Å². The van der Waals surface area contributed by atoms with Crippen LogP contribution in [0.2, 0.25) is 0 Å². The van der Waals surface area contributed by atoms with Gasteiger partial charge in [-0.2, -0.15) is 0 Å². The number of hydrogen-bond acceptors (Lipinski definition) is 4. The Labute approximate surface area is 109 Å². The summed E-state index contributed by atoms with van der Waals surface area (Å²) in [6.45, 7) is 7.65. The van der Waals surface area contributed by atoms with Crippen LogP contribution in [0.1, 0.15) is 12.8 Å². The van der Waals surface area contributed by atoms with Crippen molar-refractivity contribution in [3.63, 3.8) is 0 Å². The van der Waals surface area contributed by atoms with Crippen LogP contribution in [-0.4, -0.2) is 75.2 Å². The maximum atomic E-state index is 12.1. The number of carbonyl (C=O) groups excluding carboxylic acids is 1. The van der Waals surface area contributed by atoms with Gasteiger partial charge in [0.1, 0.15) is 0 Å². The van der Waals surface area contributed by atoms with Gasteiger partial charge >= 0.3 is 0 Å². The van der Waals surface area contributed by atoms with Crippen LogP contribution in [0.4, 0.5) is 0 Å². The zero-order valence-electron chi connectivity index (χ0n) is 11.4. The lowest BCUT2D eigenvalue weighted by Gasteiger charge is -2.29. The third kappa shape index (κ3) is 3.93. The molecule has 5 heteroatoms. The second kappa shape index (κ2) is 7.07. The van der Waals surface area contributed by atoms with E-state index in [2.05, 4.69) is 10.2 Å². The summed E-state index contributed by atoms with van der Waals surface area (Å²) < 4.78 is 5.11. The Balaban J connectivity index is 1.71. The van der Waals surface area contributed by atoms with Gasteiger partial charge in [0.2, 0.25) is 5.91 Å². The minimum atomic E-state index is 0.343. The first kappa shape index (κ1) is 13.8. The predicted molar refractivity (Wildman–Crippen MR) is 70.5 cm³/mol. The van der Waals surface area contributed by atoms with E-state index in [0.29, 0.717) is 11.8 Å². The average Bonchev–Trinajstić information content (AvgIpc) is 2.56. The van der Waals surface area contributed by atoms with E-state index in [0.717, 1.165) is 65.3 Å². The Hall–Kier alpha value is -0.650. The molecule has 104 valence electrons. The number of ether oxygens (including phenoxy) is 1. The van der Waals surface area contributed by atoms with Crippen LogP contribution in [0.25, 0.3) is 0 Å². The molecule has 18 heavy (non-hydrogen) atoms. The summed E-state index contributed by atoms with van der Waals surface area (Å²) in [5.74, 6) is 0.917. The van der Waals surface area contributed by atoms with Crippen LogP contribution in [0.3, 0.4) is 0 Å². The molecule has 0 aromatic rings. The summed E-state index contributed by atoms with van der Waals surface area (Å²) in [5, 5.41) is 3.22. The van der Waals surface area contributed by atoms with Crippen molar-refractivity contribution in [2.45, 2.75) is 12.8 Å². The molecule has 0 aliphatic carbocycles. The zero-order chi connectivity index (χ0) is 12.8.